The van der Waals surface area contributed by atoms with E-state index < -0.39 is 6.03 Å². The van der Waals surface area contributed by atoms with Gasteiger partial charge in [-0.05, 0) is 43.3 Å². The summed E-state index contributed by atoms with van der Waals surface area (Å²) in [6.07, 6.45) is 0. The molecule has 0 saturated heterocycles. The minimum Gasteiger partial charge on any atom is -0.497 e. The maximum atomic E-state index is 12.6. The van der Waals surface area contributed by atoms with Crippen molar-refractivity contribution in [3.63, 3.8) is 0 Å². The number of aromatic nitrogens is 2. The zero-order valence-electron chi connectivity index (χ0n) is 17.5. The molecule has 158 valence electrons. The van der Waals surface area contributed by atoms with Crippen LogP contribution in [0, 0.1) is 6.92 Å². The second kappa shape index (κ2) is 9.08. The number of urea groups is 1. The van der Waals surface area contributed by atoms with Crippen LogP contribution >= 0.6 is 0 Å². The molecule has 0 fully saturated rings. The highest BCUT2D eigenvalue weighted by atomic mass is 16.5. The average molecular weight is 412 g/mol. The molecule has 0 saturated carbocycles. The second-order valence-electron chi connectivity index (χ2n) is 6.29. The van der Waals surface area contributed by atoms with Gasteiger partial charge in [0.15, 0.2) is 11.5 Å². The second-order valence-corrected chi connectivity index (χ2v) is 6.29. The van der Waals surface area contributed by atoms with E-state index >= 15 is 0 Å². The summed E-state index contributed by atoms with van der Waals surface area (Å²) in [6.45, 7) is 1.82. The third kappa shape index (κ3) is 4.24. The van der Waals surface area contributed by atoms with Crippen LogP contribution in [0.2, 0.25) is 0 Å². The summed E-state index contributed by atoms with van der Waals surface area (Å²) in [5.74, 6) is 2.15. The lowest BCUT2D eigenvalue weighted by molar-refractivity contribution is 0.262. The van der Waals surface area contributed by atoms with E-state index in [-0.39, 0.29) is 0 Å². The number of carbonyl (C=O) groups is 1. The van der Waals surface area contributed by atoms with Crippen molar-refractivity contribution in [1.29, 1.82) is 0 Å². The molecule has 3 rings (SSSR count). The highest BCUT2D eigenvalue weighted by Crippen LogP contribution is 2.42. The van der Waals surface area contributed by atoms with Crippen molar-refractivity contribution in [1.82, 2.24) is 10.2 Å². The summed E-state index contributed by atoms with van der Waals surface area (Å²) >= 11 is 0. The van der Waals surface area contributed by atoms with Crippen LogP contribution in [0.25, 0.3) is 11.3 Å². The highest BCUT2D eigenvalue weighted by molar-refractivity contribution is 6.02. The monoisotopic (exact) mass is 412 g/mol. The maximum Gasteiger partial charge on any atom is 0.323 e. The van der Waals surface area contributed by atoms with Gasteiger partial charge in [-0.25, -0.2) is 4.79 Å². The summed E-state index contributed by atoms with van der Waals surface area (Å²) in [5.41, 5.74) is 3.09. The fourth-order valence-electron chi connectivity index (χ4n) is 2.96. The first kappa shape index (κ1) is 20.8. The number of ether oxygens (including phenoxy) is 4. The van der Waals surface area contributed by atoms with E-state index in [9.17, 15) is 4.79 Å². The Hall–Kier alpha value is -3.88. The number of methoxy groups -OCH3 is 4. The molecule has 2 amide bonds. The van der Waals surface area contributed by atoms with Crippen molar-refractivity contribution in [2.45, 2.75) is 6.92 Å². The summed E-state index contributed by atoms with van der Waals surface area (Å²) in [4.78, 5) is 12.6. The van der Waals surface area contributed by atoms with E-state index in [2.05, 4.69) is 20.8 Å². The Morgan fingerprint density at radius 3 is 2.07 bits per heavy atom. The minimum atomic E-state index is -0.404. The van der Waals surface area contributed by atoms with Crippen molar-refractivity contribution >= 4 is 17.4 Å². The first-order valence-electron chi connectivity index (χ1n) is 9.08. The van der Waals surface area contributed by atoms with Crippen LogP contribution in [0.3, 0.4) is 0 Å². The number of rotatable bonds is 7. The van der Waals surface area contributed by atoms with Gasteiger partial charge in [-0.1, -0.05) is 0 Å². The largest absolute Gasteiger partial charge is 0.497 e. The SMILES string of the molecule is COc1ccc(NC(=O)Nc2c(-c3cc(OC)c(OC)c(OC)c3)n[nH]c2C)cc1. The molecule has 1 heterocycles. The number of anilines is 2. The number of amides is 2. The Morgan fingerprint density at radius 1 is 0.900 bits per heavy atom. The maximum absolute atomic E-state index is 12.6. The van der Waals surface area contributed by atoms with Crippen molar-refractivity contribution in [2.24, 2.45) is 0 Å². The number of hydrogen-bond donors (Lipinski definition) is 3. The Labute approximate surface area is 174 Å². The molecule has 9 nitrogen and oxygen atoms in total. The van der Waals surface area contributed by atoms with Gasteiger partial charge in [-0.3, -0.25) is 5.10 Å². The van der Waals surface area contributed by atoms with Gasteiger partial charge in [0.25, 0.3) is 0 Å². The molecule has 0 aliphatic heterocycles. The summed E-state index contributed by atoms with van der Waals surface area (Å²) in [6, 6.07) is 10.2. The van der Waals surface area contributed by atoms with Gasteiger partial charge < -0.3 is 29.6 Å². The predicted molar refractivity (Wildman–Crippen MR) is 114 cm³/mol. The molecule has 9 heteroatoms. The number of nitrogens with one attached hydrogen (secondary N) is 3. The van der Waals surface area contributed by atoms with Crippen molar-refractivity contribution in [2.75, 3.05) is 39.1 Å². The van der Waals surface area contributed by atoms with E-state index in [1.807, 2.05) is 6.92 Å². The van der Waals surface area contributed by atoms with Gasteiger partial charge in [-0.2, -0.15) is 5.10 Å². The molecule has 30 heavy (non-hydrogen) atoms. The molecule has 0 radical (unpaired) electrons. The quantitative estimate of drug-likeness (QED) is 0.540. The van der Waals surface area contributed by atoms with Gasteiger partial charge in [-0.15, -0.1) is 0 Å². The summed E-state index contributed by atoms with van der Waals surface area (Å²) in [5, 5.41) is 12.9. The number of nitrogens with zero attached hydrogens (tertiary/aromatic N) is 1. The molecule has 2 aromatic carbocycles. The lowest BCUT2D eigenvalue weighted by Gasteiger charge is -2.14. The summed E-state index contributed by atoms with van der Waals surface area (Å²) in [7, 11) is 6.20. The highest BCUT2D eigenvalue weighted by Gasteiger charge is 2.20. The van der Waals surface area contributed by atoms with Crippen LogP contribution in [0.1, 0.15) is 5.69 Å². The van der Waals surface area contributed by atoms with Crippen LogP contribution in [-0.4, -0.2) is 44.7 Å². The van der Waals surface area contributed by atoms with E-state index in [1.165, 1.54) is 7.11 Å². The molecule has 3 N–H and O–H groups in total. The topological polar surface area (TPSA) is 107 Å². The Bertz CT molecular complexity index is 1010. The van der Waals surface area contributed by atoms with Crippen LogP contribution < -0.4 is 29.6 Å². The van der Waals surface area contributed by atoms with Gasteiger partial charge >= 0.3 is 6.03 Å². The molecule has 1 aromatic heterocycles. The number of hydrogen-bond acceptors (Lipinski definition) is 6. The molecule has 0 atom stereocenters. The molecular formula is C21H24N4O5. The fraction of sp³-hybridized carbons (Fsp3) is 0.238. The molecule has 0 aliphatic carbocycles. The van der Waals surface area contributed by atoms with Crippen LogP contribution in [0.5, 0.6) is 23.0 Å². The minimum absolute atomic E-state index is 0.404. The van der Waals surface area contributed by atoms with Crippen LogP contribution in [0.4, 0.5) is 16.2 Å². The fourth-order valence-corrected chi connectivity index (χ4v) is 2.96. The number of aryl methyl sites for hydroxylation is 1. The molecule has 3 aromatic rings. The van der Waals surface area contributed by atoms with Crippen LogP contribution in [-0.2, 0) is 0 Å². The Balaban J connectivity index is 1.88. The number of carbonyl (C=O) groups excluding carboxylic acids is 1. The standard InChI is InChI=1S/C21H24N4O5/c1-12-18(23-21(26)22-14-6-8-15(27-2)9-7-14)19(25-24-12)13-10-16(28-3)20(30-5)17(11-13)29-4/h6-11H,1-5H3,(H,24,25)(H2,22,23,26). The van der Waals surface area contributed by atoms with E-state index in [4.69, 9.17) is 18.9 Å². The average Bonchev–Trinajstić information content (AvgIpc) is 3.13. The lowest BCUT2D eigenvalue weighted by Crippen LogP contribution is -2.20. The van der Waals surface area contributed by atoms with E-state index in [0.29, 0.717) is 51.3 Å². The van der Waals surface area contributed by atoms with Crippen molar-refractivity contribution < 1.29 is 23.7 Å². The molecule has 0 unspecified atom stereocenters. The number of aromatic amines is 1. The van der Waals surface area contributed by atoms with E-state index in [0.717, 1.165) is 0 Å². The van der Waals surface area contributed by atoms with Gasteiger partial charge in [0.05, 0.1) is 39.8 Å². The summed E-state index contributed by atoms with van der Waals surface area (Å²) < 4.78 is 21.3. The third-order valence-electron chi connectivity index (χ3n) is 4.47. The number of H-pyrrole nitrogens is 1. The normalized spacial score (nSPS) is 10.3. The molecule has 0 spiro atoms. The van der Waals surface area contributed by atoms with Gasteiger partial charge in [0.1, 0.15) is 11.4 Å². The Kier molecular flexibility index (Phi) is 6.31. The number of benzene rings is 2. The van der Waals surface area contributed by atoms with E-state index in [1.54, 1.807) is 57.7 Å². The van der Waals surface area contributed by atoms with Crippen molar-refractivity contribution in [3.05, 3.63) is 42.1 Å². The van der Waals surface area contributed by atoms with Gasteiger partial charge in [0.2, 0.25) is 5.75 Å². The third-order valence-corrected chi connectivity index (χ3v) is 4.47. The predicted octanol–water partition coefficient (Wildman–Crippen LogP) is 4.06. The zero-order valence-corrected chi connectivity index (χ0v) is 17.5. The van der Waals surface area contributed by atoms with Gasteiger partial charge in [0, 0.05) is 11.3 Å². The zero-order chi connectivity index (χ0) is 21.7. The first-order chi connectivity index (χ1) is 14.5. The Morgan fingerprint density at radius 2 is 1.53 bits per heavy atom. The lowest BCUT2D eigenvalue weighted by atomic mass is 10.1. The molecular weight excluding hydrogens is 388 g/mol. The first-order valence-corrected chi connectivity index (χ1v) is 9.08. The van der Waals surface area contributed by atoms with Crippen molar-refractivity contribution in [3.8, 4) is 34.3 Å². The molecule has 0 bridgehead atoms. The van der Waals surface area contributed by atoms with Crippen LogP contribution in [0.15, 0.2) is 36.4 Å². The smallest absolute Gasteiger partial charge is 0.323 e. The molecule has 0 aliphatic rings.